The largest absolute Gasteiger partial charge is 0.366 e. The zero-order valence-corrected chi connectivity index (χ0v) is 13.4. The standard InChI is InChI=1S/C19H18N4O/c1-14-2-4-16(5-3-14)19(24)23-17-6-7-18(22-13-17)21-12-15-8-10-20-11-9-15/h2-11,13H,12H2,1H3,(H,21,22)(H,23,24). The van der Waals surface area contributed by atoms with Gasteiger partial charge in [0, 0.05) is 24.5 Å². The fourth-order valence-corrected chi connectivity index (χ4v) is 2.17. The van der Waals surface area contributed by atoms with Crippen molar-refractivity contribution in [2.45, 2.75) is 13.5 Å². The summed E-state index contributed by atoms with van der Waals surface area (Å²) in [5.41, 5.74) is 3.54. The first-order valence-electron chi connectivity index (χ1n) is 7.67. The molecule has 0 aliphatic heterocycles. The van der Waals surface area contributed by atoms with E-state index >= 15 is 0 Å². The average molecular weight is 318 g/mol. The van der Waals surface area contributed by atoms with E-state index < -0.39 is 0 Å². The molecule has 1 aromatic carbocycles. The highest BCUT2D eigenvalue weighted by molar-refractivity contribution is 6.04. The van der Waals surface area contributed by atoms with Gasteiger partial charge in [-0.25, -0.2) is 4.98 Å². The Morgan fingerprint density at radius 3 is 2.42 bits per heavy atom. The van der Waals surface area contributed by atoms with Gasteiger partial charge in [-0.15, -0.1) is 0 Å². The van der Waals surface area contributed by atoms with Crippen LogP contribution in [0.4, 0.5) is 11.5 Å². The van der Waals surface area contributed by atoms with Gasteiger partial charge in [-0.2, -0.15) is 0 Å². The van der Waals surface area contributed by atoms with Crippen LogP contribution < -0.4 is 10.6 Å². The molecule has 0 atom stereocenters. The molecule has 0 saturated carbocycles. The second-order valence-electron chi connectivity index (χ2n) is 5.46. The van der Waals surface area contributed by atoms with Crippen molar-refractivity contribution in [2.75, 3.05) is 10.6 Å². The Hall–Kier alpha value is -3.21. The molecule has 3 rings (SSSR count). The highest BCUT2D eigenvalue weighted by atomic mass is 16.1. The number of aryl methyl sites for hydroxylation is 1. The van der Waals surface area contributed by atoms with Crippen LogP contribution in [0.3, 0.4) is 0 Å². The van der Waals surface area contributed by atoms with Crippen LogP contribution in [-0.4, -0.2) is 15.9 Å². The van der Waals surface area contributed by atoms with Crippen molar-refractivity contribution in [3.05, 3.63) is 83.8 Å². The minimum atomic E-state index is -0.144. The third-order valence-electron chi connectivity index (χ3n) is 3.56. The Balaban J connectivity index is 1.58. The Kier molecular flexibility index (Phi) is 4.81. The molecule has 2 N–H and O–H groups in total. The van der Waals surface area contributed by atoms with E-state index in [0.29, 0.717) is 17.8 Å². The molecule has 0 unspecified atom stereocenters. The van der Waals surface area contributed by atoms with Crippen LogP contribution in [0.2, 0.25) is 0 Å². The smallest absolute Gasteiger partial charge is 0.255 e. The van der Waals surface area contributed by atoms with Crippen LogP contribution in [0.5, 0.6) is 0 Å². The monoisotopic (exact) mass is 318 g/mol. The molecule has 5 nitrogen and oxygen atoms in total. The summed E-state index contributed by atoms with van der Waals surface area (Å²) in [7, 11) is 0. The molecule has 5 heteroatoms. The zero-order chi connectivity index (χ0) is 16.8. The molecule has 0 bridgehead atoms. The van der Waals surface area contributed by atoms with Gasteiger partial charge in [0.1, 0.15) is 5.82 Å². The first-order valence-corrected chi connectivity index (χ1v) is 7.67. The highest BCUT2D eigenvalue weighted by Gasteiger charge is 2.06. The lowest BCUT2D eigenvalue weighted by atomic mass is 10.1. The summed E-state index contributed by atoms with van der Waals surface area (Å²) in [6.07, 6.45) is 5.16. The number of nitrogens with zero attached hydrogens (tertiary/aromatic N) is 2. The predicted octanol–water partition coefficient (Wildman–Crippen LogP) is 3.65. The second kappa shape index (κ2) is 7.37. The van der Waals surface area contributed by atoms with Crippen LogP contribution in [0.15, 0.2) is 67.1 Å². The number of nitrogens with one attached hydrogen (secondary N) is 2. The van der Waals surface area contributed by atoms with Crippen molar-refractivity contribution >= 4 is 17.4 Å². The molecule has 0 spiro atoms. The van der Waals surface area contributed by atoms with Gasteiger partial charge in [0.15, 0.2) is 0 Å². The fraction of sp³-hybridized carbons (Fsp3) is 0.105. The summed E-state index contributed by atoms with van der Waals surface area (Å²) in [5, 5.41) is 6.07. The third-order valence-corrected chi connectivity index (χ3v) is 3.56. The molecule has 1 amide bonds. The normalized spacial score (nSPS) is 10.2. The maximum absolute atomic E-state index is 12.2. The number of carbonyl (C=O) groups excluding carboxylic acids is 1. The van der Waals surface area contributed by atoms with Crippen LogP contribution in [0.1, 0.15) is 21.5 Å². The first kappa shape index (κ1) is 15.7. The number of amides is 1. The number of carbonyl (C=O) groups is 1. The van der Waals surface area contributed by atoms with Gasteiger partial charge in [-0.05, 0) is 48.9 Å². The molecule has 24 heavy (non-hydrogen) atoms. The highest BCUT2D eigenvalue weighted by Crippen LogP contribution is 2.13. The van der Waals surface area contributed by atoms with Crippen molar-refractivity contribution in [2.24, 2.45) is 0 Å². The summed E-state index contributed by atoms with van der Waals surface area (Å²) >= 11 is 0. The summed E-state index contributed by atoms with van der Waals surface area (Å²) in [6.45, 7) is 2.66. The topological polar surface area (TPSA) is 66.9 Å². The molecule has 0 saturated heterocycles. The molecule has 2 aromatic heterocycles. The van der Waals surface area contributed by atoms with Crippen LogP contribution in [-0.2, 0) is 6.54 Å². The molecule has 2 heterocycles. The Morgan fingerprint density at radius 2 is 1.75 bits per heavy atom. The van der Waals surface area contributed by atoms with E-state index in [2.05, 4.69) is 20.6 Å². The Morgan fingerprint density at radius 1 is 1.00 bits per heavy atom. The summed E-state index contributed by atoms with van der Waals surface area (Å²) in [5.74, 6) is 0.606. The van der Waals surface area contributed by atoms with Gasteiger partial charge < -0.3 is 10.6 Å². The number of anilines is 2. The minimum Gasteiger partial charge on any atom is -0.366 e. The maximum atomic E-state index is 12.2. The number of pyridine rings is 2. The average Bonchev–Trinajstić information content (AvgIpc) is 2.62. The van der Waals surface area contributed by atoms with Gasteiger partial charge >= 0.3 is 0 Å². The molecule has 0 aliphatic rings. The van der Waals surface area contributed by atoms with Crippen LogP contribution in [0.25, 0.3) is 0 Å². The number of benzene rings is 1. The third kappa shape index (κ3) is 4.16. The van der Waals surface area contributed by atoms with Crippen molar-refractivity contribution in [1.29, 1.82) is 0 Å². The van der Waals surface area contributed by atoms with Gasteiger partial charge in [-0.3, -0.25) is 9.78 Å². The maximum Gasteiger partial charge on any atom is 0.255 e. The number of rotatable bonds is 5. The van der Waals surface area contributed by atoms with E-state index in [4.69, 9.17) is 0 Å². The Labute approximate surface area is 140 Å². The molecule has 0 fully saturated rings. The molecular weight excluding hydrogens is 300 g/mol. The van der Waals surface area contributed by atoms with Gasteiger partial charge in [0.2, 0.25) is 0 Å². The zero-order valence-electron chi connectivity index (χ0n) is 13.4. The molecular formula is C19H18N4O. The summed E-state index contributed by atoms with van der Waals surface area (Å²) < 4.78 is 0. The van der Waals surface area contributed by atoms with Crippen molar-refractivity contribution < 1.29 is 4.79 Å². The van der Waals surface area contributed by atoms with E-state index in [9.17, 15) is 4.79 Å². The van der Waals surface area contributed by atoms with Gasteiger partial charge in [-0.1, -0.05) is 17.7 Å². The van der Waals surface area contributed by atoms with Crippen LogP contribution in [0, 0.1) is 6.92 Å². The van der Waals surface area contributed by atoms with E-state index in [0.717, 1.165) is 16.9 Å². The SMILES string of the molecule is Cc1ccc(C(=O)Nc2ccc(NCc3ccncc3)nc2)cc1. The van der Waals surface area contributed by atoms with E-state index in [1.165, 1.54) is 0 Å². The molecule has 0 aliphatic carbocycles. The van der Waals surface area contributed by atoms with Crippen LogP contribution >= 0.6 is 0 Å². The van der Waals surface area contributed by atoms with Gasteiger partial charge in [0.05, 0.1) is 11.9 Å². The van der Waals surface area contributed by atoms with E-state index in [1.807, 2.05) is 55.5 Å². The lowest BCUT2D eigenvalue weighted by Gasteiger charge is -2.08. The number of hydrogen-bond acceptors (Lipinski definition) is 4. The summed E-state index contributed by atoms with van der Waals surface area (Å²) in [4.78, 5) is 20.5. The molecule has 120 valence electrons. The fourth-order valence-electron chi connectivity index (χ4n) is 2.17. The lowest BCUT2D eigenvalue weighted by molar-refractivity contribution is 0.102. The van der Waals surface area contributed by atoms with Crippen molar-refractivity contribution in [3.63, 3.8) is 0 Å². The molecule has 3 aromatic rings. The number of hydrogen-bond donors (Lipinski definition) is 2. The lowest BCUT2D eigenvalue weighted by Crippen LogP contribution is -2.12. The molecule has 0 radical (unpaired) electrons. The van der Waals surface area contributed by atoms with Crippen molar-refractivity contribution in [1.82, 2.24) is 9.97 Å². The van der Waals surface area contributed by atoms with E-state index in [-0.39, 0.29) is 5.91 Å². The predicted molar refractivity (Wildman–Crippen MR) is 94.9 cm³/mol. The van der Waals surface area contributed by atoms with Crippen molar-refractivity contribution in [3.8, 4) is 0 Å². The quantitative estimate of drug-likeness (QED) is 0.753. The summed E-state index contributed by atoms with van der Waals surface area (Å²) in [6, 6.07) is 15.0. The number of aromatic nitrogens is 2. The minimum absolute atomic E-state index is 0.144. The Bertz CT molecular complexity index is 799. The van der Waals surface area contributed by atoms with Gasteiger partial charge in [0.25, 0.3) is 5.91 Å². The second-order valence-corrected chi connectivity index (χ2v) is 5.46. The first-order chi connectivity index (χ1) is 11.7. The van der Waals surface area contributed by atoms with E-state index in [1.54, 1.807) is 18.6 Å².